The summed E-state index contributed by atoms with van der Waals surface area (Å²) in [6.45, 7) is 2.65. The van der Waals surface area contributed by atoms with Crippen molar-refractivity contribution < 1.29 is 18.3 Å². The Kier molecular flexibility index (Phi) is 7.62. The van der Waals surface area contributed by atoms with Gasteiger partial charge in [0.2, 0.25) is 0 Å². The average molecular weight is 489 g/mol. The van der Waals surface area contributed by atoms with Crippen LogP contribution < -0.4 is 16.1 Å². The summed E-state index contributed by atoms with van der Waals surface area (Å²) in [5.74, 6) is -5.24. The number of fused-ring (bicyclic) bond motifs is 1. The van der Waals surface area contributed by atoms with Gasteiger partial charge < -0.3 is 15.4 Å². The molecule has 0 amide bonds. The van der Waals surface area contributed by atoms with E-state index in [1.165, 1.54) is 31.3 Å². The van der Waals surface area contributed by atoms with E-state index in [1.54, 1.807) is 24.5 Å². The monoisotopic (exact) mass is 489 g/mol. The standard InChI is InChI=1S/C26H26BF2N5O2/c1-2-36-25(35)26(28,29)18-5-3-6-20(13-18)34-11-9-19(10-12-34)31-15-17(14-30)23-16-32-22-8-4-7-21(27)24(22)33-23/h3-8,13-16,19H,2,9-12,30H2,1H3. The zero-order valence-corrected chi connectivity index (χ0v) is 19.9. The summed E-state index contributed by atoms with van der Waals surface area (Å²) in [5.41, 5.74) is 9.12. The van der Waals surface area contributed by atoms with E-state index in [4.69, 9.17) is 13.6 Å². The maximum Gasteiger partial charge on any atom is 0.381 e. The van der Waals surface area contributed by atoms with Crippen molar-refractivity contribution in [3.63, 3.8) is 0 Å². The Morgan fingerprint density at radius 1 is 1.28 bits per heavy atom. The number of esters is 1. The lowest BCUT2D eigenvalue weighted by molar-refractivity contribution is -0.173. The SMILES string of the molecule is [B]c1cccc2ncc(C(C=NC3CCN(c4cccc(C(F)(F)C(=O)OCC)c4)CC3)=CN)nc12. The second-order valence-corrected chi connectivity index (χ2v) is 8.43. The van der Waals surface area contributed by atoms with Crippen LogP contribution >= 0.6 is 0 Å². The van der Waals surface area contributed by atoms with Crippen LogP contribution in [-0.4, -0.2) is 55.7 Å². The van der Waals surface area contributed by atoms with Crippen molar-refractivity contribution in [3.05, 3.63) is 66.1 Å². The first-order valence-electron chi connectivity index (χ1n) is 11.7. The molecule has 3 aromatic rings. The molecule has 7 nitrogen and oxygen atoms in total. The molecule has 36 heavy (non-hydrogen) atoms. The lowest BCUT2D eigenvalue weighted by Crippen LogP contribution is -2.35. The van der Waals surface area contributed by atoms with Crippen molar-refractivity contribution in [1.29, 1.82) is 0 Å². The number of allylic oxidation sites excluding steroid dienone is 1. The molecule has 0 spiro atoms. The predicted octanol–water partition coefficient (Wildman–Crippen LogP) is 3.12. The van der Waals surface area contributed by atoms with Gasteiger partial charge in [-0.25, -0.2) is 9.78 Å². The van der Waals surface area contributed by atoms with Crippen LogP contribution in [0.5, 0.6) is 0 Å². The number of hydrogen-bond acceptors (Lipinski definition) is 7. The highest BCUT2D eigenvalue weighted by Gasteiger charge is 2.43. The number of nitrogens with zero attached hydrogens (tertiary/aromatic N) is 4. The minimum Gasteiger partial charge on any atom is -0.461 e. The molecule has 1 aliphatic heterocycles. The van der Waals surface area contributed by atoms with Crippen LogP contribution in [0.3, 0.4) is 0 Å². The highest BCUT2D eigenvalue weighted by atomic mass is 19.3. The topological polar surface area (TPSA) is 93.7 Å². The second kappa shape index (κ2) is 10.8. The Morgan fingerprint density at radius 3 is 2.75 bits per heavy atom. The van der Waals surface area contributed by atoms with Crippen molar-refractivity contribution >= 4 is 47.8 Å². The van der Waals surface area contributed by atoms with Gasteiger partial charge in [-0.3, -0.25) is 9.98 Å². The largest absolute Gasteiger partial charge is 0.461 e. The van der Waals surface area contributed by atoms with Gasteiger partial charge in [0.05, 0.1) is 35.6 Å². The Hall–Kier alpha value is -3.82. The summed E-state index contributed by atoms with van der Waals surface area (Å²) in [7, 11) is 6.02. The summed E-state index contributed by atoms with van der Waals surface area (Å²) in [4.78, 5) is 27.4. The fourth-order valence-electron chi connectivity index (χ4n) is 4.08. The van der Waals surface area contributed by atoms with E-state index in [9.17, 15) is 13.6 Å². The summed E-state index contributed by atoms with van der Waals surface area (Å²) in [5, 5.41) is 0. The average Bonchev–Trinajstić information content (AvgIpc) is 2.90. The molecule has 0 bridgehead atoms. The number of rotatable bonds is 7. The maximum absolute atomic E-state index is 14.5. The van der Waals surface area contributed by atoms with Gasteiger partial charge in [-0.15, -0.1) is 0 Å². The highest BCUT2D eigenvalue weighted by Crippen LogP contribution is 2.33. The molecule has 1 aliphatic rings. The van der Waals surface area contributed by atoms with Gasteiger partial charge >= 0.3 is 11.9 Å². The molecule has 0 atom stereocenters. The number of carbonyl (C=O) groups is 1. The third kappa shape index (κ3) is 5.37. The number of halogens is 2. The third-order valence-corrected chi connectivity index (χ3v) is 6.07. The van der Waals surface area contributed by atoms with E-state index in [2.05, 4.69) is 19.7 Å². The van der Waals surface area contributed by atoms with Crippen molar-refractivity contribution in [3.8, 4) is 0 Å². The van der Waals surface area contributed by atoms with Crippen molar-refractivity contribution in [1.82, 2.24) is 9.97 Å². The molecule has 1 aromatic heterocycles. The van der Waals surface area contributed by atoms with Crippen molar-refractivity contribution in [2.75, 3.05) is 24.6 Å². The molecule has 0 saturated carbocycles. The minimum absolute atomic E-state index is 0.0406. The van der Waals surface area contributed by atoms with E-state index in [-0.39, 0.29) is 18.2 Å². The Balaban J connectivity index is 1.41. The number of hydrogen-bond donors (Lipinski definition) is 1. The van der Waals surface area contributed by atoms with Crippen LogP contribution in [-0.2, 0) is 15.5 Å². The molecule has 0 aliphatic carbocycles. The Morgan fingerprint density at radius 2 is 2.03 bits per heavy atom. The first kappa shape index (κ1) is 25.3. The quantitative estimate of drug-likeness (QED) is 0.312. The number of ether oxygens (including phenoxy) is 1. The number of benzene rings is 2. The van der Waals surface area contributed by atoms with Crippen LogP contribution in [0.1, 0.15) is 31.0 Å². The van der Waals surface area contributed by atoms with Crippen LogP contribution in [0.2, 0.25) is 0 Å². The number of aliphatic imine (C=N–C) groups is 1. The Bertz CT molecular complexity index is 1310. The summed E-state index contributed by atoms with van der Waals surface area (Å²) in [6, 6.07) is 11.3. The molecular formula is C26H26BF2N5O2. The first-order valence-corrected chi connectivity index (χ1v) is 11.7. The van der Waals surface area contributed by atoms with Gasteiger partial charge in [0.1, 0.15) is 7.85 Å². The highest BCUT2D eigenvalue weighted by molar-refractivity contribution is 6.38. The molecule has 0 unspecified atom stereocenters. The normalized spacial score (nSPS) is 15.5. The molecule has 2 aromatic carbocycles. The van der Waals surface area contributed by atoms with E-state index in [0.29, 0.717) is 46.5 Å². The number of aromatic nitrogens is 2. The zero-order chi connectivity index (χ0) is 25.7. The molecule has 184 valence electrons. The minimum atomic E-state index is -3.70. The number of piperidine rings is 1. The van der Waals surface area contributed by atoms with Crippen LogP contribution in [0.15, 0.2) is 59.9 Å². The lowest BCUT2D eigenvalue weighted by Gasteiger charge is -2.32. The van der Waals surface area contributed by atoms with Gasteiger partial charge in [0.25, 0.3) is 0 Å². The predicted molar refractivity (Wildman–Crippen MR) is 138 cm³/mol. The zero-order valence-electron chi connectivity index (χ0n) is 19.9. The lowest BCUT2D eigenvalue weighted by atomic mass is 9.94. The van der Waals surface area contributed by atoms with Crippen molar-refractivity contribution in [2.24, 2.45) is 10.7 Å². The van der Waals surface area contributed by atoms with Gasteiger partial charge in [-0.1, -0.05) is 29.7 Å². The summed E-state index contributed by atoms with van der Waals surface area (Å²) in [6.07, 6.45) is 6.21. The molecule has 1 fully saturated rings. The van der Waals surface area contributed by atoms with E-state index >= 15 is 0 Å². The fraction of sp³-hybridized carbons (Fsp3) is 0.308. The molecule has 2 N–H and O–H groups in total. The second-order valence-electron chi connectivity index (χ2n) is 8.43. The van der Waals surface area contributed by atoms with Crippen molar-refractivity contribution in [2.45, 2.75) is 31.7 Å². The molecule has 2 heterocycles. The molecule has 4 rings (SSSR count). The number of nitrogens with two attached hydrogens (primary N) is 1. The van der Waals surface area contributed by atoms with Gasteiger partial charge in [-0.2, -0.15) is 8.78 Å². The molecule has 10 heteroatoms. The van der Waals surface area contributed by atoms with Gasteiger partial charge in [0, 0.05) is 42.3 Å². The number of carbonyl (C=O) groups excluding carboxylic acids is 1. The van der Waals surface area contributed by atoms with Crippen LogP contribution in [0.25, 0.3) is 16.6 Å². The summed E-state index contributed by atoms with van der Waals surface area (Å²) >= 11 is 0. The van der Waals surface area contributed by atoms with E-state index in [1.807, 2.05) is 17.0 Å². The van der Waals surface area contributed by atoms with E-state index in [0.717, 1.165) is 12.8 Å². The van der Waals surface area contributed by atoms with Gasteiger partial charge in [0.15, 0.2) is 0 Å². The Labute approximate surface area is 209 Å². The summed E-state index contributed by atoms with van der Waals surface area (Å²) < 4.78 is 33.4. The molecule has 2 radical (unpaired) electrons. The fourth-order valence-corrected chi connectivity index (χ4v) is 4.08. The number of anilines is 1. The molecular weight excluding hydrogens is 463 g/mol. The molecule has 1 saturated heterocycles. The first-order chi connectivity index (χ1) is 17.3. The van der Waals surface area contributed by atoms with E-state index < -0.39 is 11.9 Å². The smallest absolute Gasteiger partial charge is 0.381 e. The third-order valence-electron chi connectivity index (χ3n) is 6.07. The number of alkyl halides is 2. The van der Waals surface area contributed by atoms with Crippen LogP contribution in [0, 0.1) is 0 Å². The van der Waals surface area contributed by atoms with Crippen LogP contribution in [0.4, 0.5) is 14.5 Å². The van der Waals surface area contributed by atoms with Gasteiger partial charge in [-0.05, 0) is 38.0 Å². The number of para-hydroxylation sites is 1. The maximum atomic E-state index is 14.5.